The molecule has 0 amide bonds. The van der Waals surface area contributed by atoms with Crippen molar-refractivity contribution in [1.82, 2.24) is 9.88 Å². The molecule has 2 aromatic rings. The van der Waals surface area contributed by atoms with E-state index >= 15 is 0 Å². The summed E-state index contributed by atoms with van der Waals surface area (Å²) in [6.45, 7) is 9.87. The number of hydrogen-bond acceptors (Lipinski definition) is 7. The first-order valence-corrected chi connectivity index (χ1v) is 13.0. The maximum absolute atomic E-state index is 14.2. The summed E-state index contributed by atoms with van der Waals surface area (Å²) in [5.74, 6) is -1.63. The van der Waals surface area contributed by atoms with E-state index in [-0.39, 0.29) is 35.5 Å². The van der Waals surface area contributed by atoms with E-state index in [1.54, 1.807) is 4.57 Å². The van der Waals surface area contributed by atoms with E-state index in [0.29, 0.717) is 42.4 Å². The smallest absolute Gasteiger partial charge is 0.341 e. The molecule has 0 spiro atoms. The zero-order valence-corrected chi connectivity index (χ0v) is 21.6. The van der Waals surface area contributed by atoms with E-state index in [9.17, 15) is 23.9 Å². The number of aryl methyl sites for hydroxylation is 1. The number of halogens is 1. The Balaban J connectivity index is 0.00000210. The zero-order valence-electron chi connectivity index (χ0n) is 20.8. The molecule has 2 heterocycles. The highest BCUT2D eigenvalue weighted by molar-refractivity contribution is 7.99. The molecule has 1 aliphatic rings. The average molecular weight is 511 g/mol. The largest absolute Gasteiger partial charge is 0.477 e. The van der Waals surface area contributed by atoms with Gasteiger partial charge in [0.05, 0.1) is 23.4 Å². The van der Waals surface area contributed by atoms with Gasteiger partial charge >= 0.3 is 11.9 Å². The van der Waals surface area contributed by atoms with Gasteiger partial charge in [0.2, 0.25) is 5.43 Å². The SMILES string of the molecule is CC.CCn1cc(C(=O)O)c(=O)c2cc(F)cc(SCCNCCC(=O)O[C@@H]3CCCOC3C)c21. The Morgan fingerprint density at radius 1 is 1.31 bits per heavy atom. The molecule has 35 heavy (non-hydrogen) atoms. The molecule has 0 radical (unpaired) electrons. The molecule has 0 aliphatic carbocycles. The van der Waals surface area contributed by atoms with Crippen molar-refractivity contribution in [2.45, 2.75) is 70.6 Å². The molecule has 2 atom stereocenters. The zero-order chi connectivity index (χ0) is 26.0. The first-order valence-electron chi connectivity index (χ1n) is 12.1. The number of rotatable bonds is 10. The quantitative estimate of drug-likeness (QED) is 0.280. The van der Waals surface area contributed by atoms with Gasteiger partial charge in [-0.1, -0.05) is 13.8 Å². The fraction of sp³-hybridized carbons (Fsp3) is 0.560. The number of benzene rings is 1. The molecule has 1 fully saturated rings. The molecule has 1 unspecified atom stereocenters. The van der Waals surface area contributed by atoms with Gasteiger partial charge in [-0.2, -0.15) is 0 Å². The topological polar surface area (TPSA) is 107 Å². The van der Waals surface area contributed by atoms with Crippen LogP contribution >= 0.6 is 11.8 Å². The van der Waals surface area contributed by atoms with Crippen molar-refractivity contribution in [2.75, 3.05) is 25.4 Å². The molecule has 1 saturated heterocycles. The molecule has 8 nitrogen and oxygen atoms in total. The van der Waals surface area contributed by atoms with E-state index in [0.717, 1.165) is 18.9 Å². The highest BCUT2D eigenvalue weighted by Crippen LogP contribution is 2.28. The van der Waals surface area contributed by atoms with Crippen LogP contribution in [0, 0.1) is 5.82 Å². The van der Waals surface area contributed by atoms with Gasteiger partial charge in [-0.25, -0.2) is 9.18 Å². The van der Waals surface area contributed by atoms with Gasteiger partial charge in [0.1, 0.15) is 17.5 Å². The van der Waals surface area contributed by atoms with E-state index in [1.165, 1.54) is 24.0 Å². The van der Waals surface area contributed by atoms with Gasteiger partial charge in [0, 0.05) is 43.1 Å². The summed E-state index contributed by atoms with van der Waals surface area (Å²) in [6.07, 6.45) is 2.97. The highest BCUT2D eigenvalue weighted by Gasteiger charge is 2.25. The molecular formula is C25H35FN2O6S. The number of hydrogen-bond donors (Lipinski definition) is 2. The van der Waals surface area contributed by atoms with Gasteiger partial charge in [-0.05, 0) is 38.8 Å². The second kappa shape index (κ2) is 14.2. The van der Waals surface area contributed by atoms with Gasteiger partial charge in [0.25, 0.3) is 0 Å². The van der Waals surface area contributed by atoms with Crippen molar-refractivity contribution in [2.24, 2.45) is 0 Å². The predicted molar refractivity (Wildman–Crippen MR) is 135 cm³/mol. The summed E-state index contributed by atoms with van der Waals surface area (Å²) >= 11 is 1.36. The number of carboxylic acid groups (broad SMARTS) is 1. The normalized spacial score (nSPS) is 17.5. The number of nitrogens with one attached hydrogen (secondary N) is 1. The minimum atomic E-state index is -1.34. The Kier molecular flexibility index (Phi) is 11.7. The summed E-state index contributed by atoms with van der Waals surface area (Å²) in [4.78, 5) is 36.5. The molecule has 1 aliphatic heterocycles. The Bertz CT molecular complexity index is 1070. The molecule has 10 heteroatoms. The van der Waals surface area contributed by atoms with Crippen molar-refractivity contribution in [3.8, 4) is 0 Å². The van der Waals surface area contributed by atoms with Crippen LogP contribution in [0.25, 0.3) is 10.9 Å². The molecule has 0 bridgehead atoms. The summed E-state index contributed by atoms with van der Waals surface area (Å²) in [5, 5.41) is 12.5. The van der Waals surface area contributed by atoms with Crippen molar-refractivity contribution < 1.29 is 28.6 Å². The molecule has 194 valence electrons. The van der Waals surface area contributed by atoms with Gasteiger partial charge < -0.3 is 24.5 Å². The lowest BCUT2D eigenvalue weighted by Crippen LogP contribution is -2.36. The second-order valence-electron chi connectivity index (χ2n) is 7.86. The highest BCUT2D eigenvalue weighted by atomic mass is 32.2. The second-order valence-corrected chi connectivity index (χ2v) is 8.99. The lowest BCUT2D eigenvalue weighted by molar-refractivity contribution is -0.162. The number of aromatic carboxylic acids is 1. The van der Waals surface area contributed by atoms with Crippen LogP contribution in [0.3, 0.4) is 0 Å². The van der Waals surface area contributed by atoms with Gasteiger partial charge in [-0.15, -0.1) is 11.8 Å². The van der Waals surface area contributed by atoms with Crippen molar-refractivity contribution in [3.05, 3.63) is 39.9 Å². The van der Waals surface area contributed by atoms with Crippen LogP contribution in [-0.2, 0) is 20.8 Å². The Morgan fingerprint density at radius 3 is 2.71 bits per heavy atom. The number of fused-ring (bicyclic) bond motifs is 1. The first kappa shape index (κ1) is 28.8. The summed E-state index contributed by atoms with van der Waals surface area (Å²) in [5.41, 5.74) is -0.558. The van der Waals surface area contributed by atoms with Gasteiger partial charge in [-0.3, -0.25) is 9.59 Å². The van der Waals surface area contributed by atoms with E-state index in [4.69, 9.17) is 9.47 Å². The van der Waals surface area contributed by atoms with E-state index < -0.39 is 17.2 Å². The monoisotopic (exact) mass is 510 g/mol. The summed E-state index contributed by atoms with van der Waals surface area (Å²) in [6, 6.07) is 2.44. The molecule has 1 aromatic carbocycles. The van der Waals surface area contributed by atoms with Crippen LogP contribution in [0.2, 0.25) is 0 Å². The van der Waals surface area contributed by atoms with Crippen molar-refractivity contribution in [3.63, 3.8) is 0 Å². The number of nitrogens with zero attached hydrogens (tertiary/aromatic N) is 1. The Hall–Kier alpha value is -2.43. The standard InChI is InChI=1S/C23H29FN2O6S.C2H6/c1-3-26-13-17(23(29)30)22(28)16-11-15(24)12-19(21(16)26)33-10-8-25-7-6-20(27)32-18-5-4-9-31-14(18)2;1-2/h11-14,18,25H,3-10H2,1-2H3,(H,29,30);1-2H3/t14?,18-;/m1./s1. The van der Waals surface area contributed by atoms with Crippen LogP contribution in [-0.4, -0.2) is 59.3 Å². The van der Waals surface area contributed by atoms with Crippen molar-refractivity contribution in [1.29, 1.82) is 0 Å². The number of carboxylic acids is 1. The van der Waals surface area contributed by atoms with Crippen LogP contribution in [0.5, 0.6) is 0 Å². The fourth-order valence-corrected chi connectivity index (χ4v) is 4.83. The van der Waals surface area contributed by atoms with Gasteiger partial charge in [0.15, 0.2) is 0 Å². The van der Waals surface area contributed by atoms with E-state index in [2.05, 4.69) is 5.32 Å². The van der Waals surface area contributed by atoms with E-state index in [1.807, 2.05) is 27.7 Å². The number of pyridine rings is 1. The third kappa shape index (κ3) is 7.78. The fourth-order valence-electron chi connectivity index (χ4n) is 3.81. The maximum atomic E-state index is 14.2. The molecule has 1 aromatic heterocycles. The predicted octanol–water partition coefficient (Wildman–Crippen LogP) is 4.07. The van der Waals surface area contributed by atoms with Crippen LogP contribution in [0.4, 0.5) is 4.39 Å². The number of ether oxygens (including phenoxy) is 2. The van der Waals surface area contributed by atoms with Crippen LogP contribution < -0.4 is 10.7 Å². The number of carbonyl (C=O) groups excluding carboxylic acids is 1. The van der Waals surface area contributed by atoms with Crippen LogP contribution in [0.15, 0.2) is 28.0 Å². The third-order valence-corrected chi connectivity index (χ3v) is 6.57. The number of thioether (sulfide) groups is 1. The Morgan fingerprint density at radius 2 is 2.06 bits per heavy atom. The molecular weight excluding hydrogens is 475 g/mol. The lowest BCUT2D eigenvalue weighted by atomic mass is 10.1. The lowest BCUT2D eigenvalue weighted by Gasteiger charge is -2.28. The van der Waals surface area contributed by atoms with Crippen LogP contribution in [0.1, 0.15) is 57.3 Å². The maximum Gasteiger partial charge on any atom is 0.341 e. The number of aromatic nitrogens is 1. The molecule has 0 saturated carbocycles. The Labute approximate surface area is 209 Å². The minimum absolute atomic E-state index is 0.0517. The first-order chi connectivity index (χ1) is 16.8. The third-order valence-electron chi connectivity index (χ3n) is 5.53. The molecule has 3 rings (SSSR count). The number of carbonyl (C=O) groups is 2. The average Bonchev–Trinajstić information content (AvgIpc) is 2.84. The van der Waals surface area contributed by atoms with Crippen molar-refractivity contribution >= 4 is 34.6 Å². The molecule has 2 N–H and O–H groups in total. The summed E-state index contributed by atoms with van der Waals surface area (Å²) < 4.78 is 26.8. The minimum Gasteiger partial charge on any atom is -0.477 e. The number of esters is 1. The summed E-state index contributed by atoms with van der Waals surface area (Å²) in [7, 11) is 0.